The first-order valence-electron chi connectivity index (χ1n) is 7.20. The van der Waals surface area contributed by atoms with Gasteiger partial charge < -0.3 is 10.6 Å². The van der Waals surface area contributed by atoms with Gasteiger partial charge in [-0.05, 0) is 43.0 Å². The molecule has 104 valence electrons. The second kappa shape index (κ2) is 5.25. The molecule has 1 aliphatic heterocycles. The van der Waals surface area contributed by atoms with Crippen molar-refractivity contribution < 1.29 is 0 Å². The highest BCUT2D eigenvalue weighted by Gasteiger charge is 2.17. The molecule has 1 aromatic heterocycles. The number of anilines is 1. The molecule has 2 N–H and O–H groups in total. The van der Waals surface area contributed by atoms with Crippen molar-refractivity contribution in [2.45, 2.75) is 32.9 Å². The minimum atomic E-state index is 0.0404. The Morgan fingerprint density at radius 1 is 1.15 bits per heavy atom. The van der Waals surface area contributed by atoms with Crippen LogP contribution in [0.3, 0.4) is 0 Å². The average molecular weight is 267 g/mol. The molecule has 1 aliphatic rings. The van der Waals surface area contributed by atoms with Crippen LogP contribution in [0.1, 0.15) is 35.3 Å². The van der Waals surface area contributed by atoms with Crippen molar-refractivity contribution in [3.63, 3.8) is 0 Å². The third-order valence-corrected chi connectivity index (χ3v) is 4.06. The van der Waals surface area contributed by atoms with Crippen LogP contribution in [0.25, 0.3) is 0 Å². The average Bonchev–Trinajstić information content (AvgIpc) is 2.46. The first kappa shape index (κ1) is 13.1. The van der Waals surface area contributed by atoms with Gasteiger partial charge in [-0.1, -0.05) is 30.3 Å². The van der Waals surface area contributed by atoms with Crippen molar-refractivity contribution in [1.29, 1.82) is 0 Å². The highest BCUT2D eigenvalue weighted by Crippen LogP contribution is 2.25. The summed E-state index contributed by atoms with van der Waals surface area (Å²) in [5.74, 6) is 1.06. The smallest absolute Gasteiger partial charge is 0.129 e. The molecule has 2 heterocycles. The minimum absolute atomic E-state index is 0.0404. The fourth-order valence-corrected chi connectivity index (χ4v) is 2.91. The molecule has 1 atom stereocenters. The van der Waals surface area contributed by atoms with Gasteiger partial charge in [0.25, 0.3) is 0 Å². The number of rotatable bonds is 2. The van der Waals surface area contributed by atoms with E-state index in [1.54, 1.807) is 0 Å². The topological polar surface area (TPSA) is 42.2 Å². The van der Waals surface area contributed by atoms with Crippen LogP contribution < -0.4 is 10.6 Å². The van der Waals surface area contributed by atoms with E-state index in [-0.39, 0.29) is 6.04 Å². The van der Waals surface area contributed by atoms with E-state index < -0.39 is 0 Å². The van der Waals surface area contributed by atoms with Crippen LogP contribution in [0.15, 0.2) is 36.4 Å². The van der Waals surface area contributed by atoms with Crippen molar-refractivity contribution in [1.82, 2.24) is 4.98 Å². The summed E-state index contributed by atoms with van der Waals surface area (Å²) >= 11 is 0. The number of hydrogen-bond acceptors (Lipinski definition) is 3. The minimum Gasteiger partial charge on any atom is -0.352 e. The third kappa shape index (κ3) is 2.41. The van der Waals surface area contributed by atoms with Gasteiger partial charge in [0.15, 0.2) is 0 Å². The van der Waals surface area contributed by atoms with Crippen LogP contribution >= 0.6 is 0 Å². The lowest BCUT2D eigenvalue weighted by atomic mass is 10.00. The highest BCUT2D eigenvalue weighted by molar-refractivity contribution is 5.46. The second-order valence-corrected chi connectivity index (χ2v) is 5.57. The standard InChI is InChI=1S/C17H21N3/c1-12(18)16-7-8-17(19-13(16)2)20-10-9-14-5-3-4-6-15(14)11-20/h3-8,12H,9-11,18H2,1-2H3/t12-/m1/s1. The maximum Gasteiger partial charge on any atom is 0.129 e. The number of nitrogens with zero attached hydrogens (tertiary/aromatic N) is 2. The Morgan fingerprint density at radius 3 is 2.60 bits per heavy atom. The van der Waals surface area contributed by atoms with Gasteiger partial charge in [-0.25, -0.2) is 4.98 Å². The van der Waals surface area contributed by atoms with Gasteiger partial charge in [0.1, 0.15) is 5.82 Å². The van der Waals surface area contributed by atoms with Gasteiger partial charge in [0.2, 0.25) is 0 Å². The summed E-state index contributed by atoms with van der Waals surface area (Å²) in [6.07, 6.45) is 1.09. The van der Waals surface area contributed by atoms with Gasteiger partial charge in [-0.3, -0.25) is 0 Å². The Bertz CT molecular complexity index is 619. The molecule has 1 aromatic carbocycles. The van der Waals surface area contributed by atoms with E-state index in [9.17, 15) is 0 Å². The van der Waals surface area contributed by atoms with Gasteiger partial charge in [0.05, 0.1) is 0 Å². The number of benzene rings is 1. The fraction of sp³-hybridized carbons (Fsp3) is 0.353. The number of fused-ring (bicyclic) bond motifs is 1. The molecule has 0 fully saturated rings. The zero-order valence-electron chi connectivity index (χ0n) is 12.1. The first-order valence-corrected chi connectivity index (χ1v) is 7.20. The molecule has 3 nitrogen and oxygen atoms in total. The summed E-state index contributed by atoms with van der Waals surface area (Å²) in [6, 6.07) is 12.9. The van der Waals surface area contributed by atoms with E-state index in [0.717, 1.165) is 36.6 Å². The fourth-order valence-electron chi connectivity index (χ4n) is 2.91. The lowest BCUT2D eigenvalue weighted by Gasteiger charge is -2.30. The third-order valence-electron chi connectivity index (χ3n) is 4.06. The summed E-state index contributed by atoms with van der Waals surface area (Å²) in [5, 5.41) is 0. The van der Waals surface area contributed by atoms with Crippen LogP contribution in [0.2, 0.25) is 0 Å². The van der Waals surface area contributed by atoms with Crippen molar-refractivity contribution in [3.8, 4) is 0 Å². The van der Waals surface area contributed by atoms with Crippen LogP contribution in [0.5, 0.6) is 0 Å². The Morgan fingerprint density at radius 2 is 1.90 bits per heavy atom. The van der Waals surface area contributed by atoms with Crippen LogP contribution in [0, 0.1) is 6.92 Å². The van der Waals surface area contributed by atoms with Crippen molar-refractivity contribution >= 4 is 5.82 Å². The van der Waals surface area contributed by atoms with Crippen molar-refractivity contribution in [2.24, 2.45) is 5.73 Å². The van der Waals surface area contributed by atoms with E-state index in [2.05, 4.69) is 41.3 Å². The maximum atomic E-state index is 5.95. The first-order chi connectivity index (χ1) is 9.65. The van der Waals surface area contributed by atoms with E-state index in [1.165, 1.54) is 11.1 Å². The zero-order chi connectivity index (χ0) is 14.1. The number of nitrogens with two attached hydrogens (primary N) is 1. The molecule has 0 unspecified atom stereocenters. The normalized spacial score (nSPS) is 15.8. The molecule has 0 radical (unpaired) electrons. The molecule has 0 saturated carbocycles. The molecule has 3 heteroatoms. The van der Waals surface area contributed by atoms with Crippen molar-refractivity contribution in [2.75, 3.05) is 11.4 Å². The number of hydrogen-bond donors (Lipinski definition) is 1. The summed E-state index contributed by atoms with van der Waals surface area (Å²) in [6.45, 7) is 6.02. The molecule has 0 amide bonds. The SMILES string of the molecule is Cc1nc(N2CCc3ccccc3C2)ccc1[C@@H](C)N. The Labute approximate surface area is 120 Å². The highest BCUT2D eigenvalue weighted by atomic mass is 15.2. The monoisotopic (exact) mass is 267 g/mol. The van der Waals surface area contributed by atoms with Crippen molar-refractivity contribution in [3.05, 3.63) is 58.8 Å². The zero-order valence-corrected chi connectivity index (χ0v) is 12.1. The molecule has 0 spiro atoms. The molecular formula is C17H21N3. The number of aromatic nitrogens is 1. The molecule has 0 aliphatic carbocycles. The lowest BCUT2D eigenvalue weighted by Crippen LogP contribution is -2.31. The Hall–Kier alpha value is -1.87. The van der Waals surface area contributed by atoms with E-state index in [0.29, 0.717) is 0 Å². The largest absolute Gasteiger partial charge is 0.352 e. The van der Waals surface area contributed by atoms with Crippen LogP contribution in [-0.4, -0.2) is 11.5 Å². The quantitative estimate of drug-likeness (QED) is 0.909. The number of pyridine rings is 1. The Kier molecular flexibility index (Phi) is 3.45. The second-order valence-electron chi connectivity index (χ2n) is 5.57. The summed E-state index contributed by atoms with van der Waals surface area (Å²) in [4.78, 5) is 7.08. The molecular weight excluding hydrogens is 246 g/mol. The van der Waals surface area contributed by atoms with Gasteiger partial charge >= 0.3 is 0 Å². The van der Waals surface area contributed by atoms with Crippen LogP contribution in [0.4, 0.5) is 5.82 Å². The predicted molar refractivity (Wildman–Crippen MR) is 82.8 cm³/mol. The van der Waals surface area contributed by atoms with Gasteiger partial charge in [0, 0.05) is 24.8 Å². The summed E-state index contributed by atoms with van der Waals surface area (Å²) in [7, 11) is 0. The lowest BCUT2D eigenvalue weighted by molar-refractivity contribution is 0.715. The van der Waals surface area contributed by atoms with E-state index in [1.807, 2.05) is 13.8 Å². The summed E-state index contributed by atoms with van der Waals surface area (Å²) < 4.78 is 0. The molecule has 0 bridgehead atoms. The Balaban J connectivity index is 1.86. The molecule has 2 aromatic rings. The summed E-state index contributed by atoms with van der Waals surface area (Å²) in [5.41, 5.74) is 11.0. The molecule has 3 rings (SSSR count). The van der Waals surface area contributed by atoms with Gasteiger partial charge in [-0.15, -0.1) is 0 Å². The van der Waals surface area contributed by atoms with Gasteiger partial charge in [-0.2, -0.15) is 0 Å². The predicted octanol–water partition coefficient (Wildman–Crippen LogP) is 2.97. The van der Waals surface area contributed by atoms with E-state index in [4.69, 9.17) is 10.7 Å². The molecule has 0 saturated heterocycles. The van der Waals surface area contributed by atoms with Crippen LogP contribution in [-0.2, 0) is 13.0 Å². The number of aryl methyl sites for hydroxylation is 1. The molecule has 20 heavy (non-hydrogen) atoms. The van der Waals surface area contributed by atoms with E-state index >= 15 is 0 Å². The maximum absolute atomic E-state index is 5.95.